The molecule has 0 unspecified atom stereocenters. The Morgan fingerprint density at radius 2 is 1.91 bits per heavy atom. The summed E-state index contributed by atoms with van der Waals surface area (Å²) in [6, 6.07) is 5.58. The molecular weight excluding hydrogens is 274 g/mol. The molecule has 1 amide bonds. The second-order valence-electron chi connectivity index (χ2n) is 6.30. The second kappa shape index (κ2) is 7.63. The molecule has 1 aromatic carbocycles. The Hall–Kier alpha value is -1.55. The van der Waals surface area contributed by atoms with Crippen molar-refractivity contribution in [2.24, 2.45) is 5.92 Å². The van der Waals surface area contributed by atoms with Crippen LogP contribution < -0.4 is 5.73 Å². The first kappa shape index (κ1) is 16.8. The Bertz CT molecular complexity index is 503. The highest BCUT2D eigenvalue weighted by atomic mass is 16.2. The van der Waals surface area contributed by atoms with Crippen LogP contribution in [-0.4, -0.2) is 48.4 Å². The molecule has 0 atom stereocenters. The van der Waals surface area contributed by atoms with E-state index >= 15 is 0 Å². The zero-order valence-corrected chi connectivity index (χ0v) is 14.1. The summed E-state index contributed by atoms with van der Waals surface area (Å²) in [5.74, 6) is 0.844. The first-order chi connectivity index (χ1) is 10.5. The molecule has 0 bridgehead atoms. The van der Waals surface area contributed by atoms with Gasteiger partial charge in [-0.05, 0) is 56.5 Å². The summed E-state index contributed by atoms with van der Waals surface area (Å²) in [5, 5.41) is 0. The first-order valence-corrected chi connectivity index (χ1v) is 8.42. The number of carbonyl (C=O) groups is 1. The van der Waals surface area contributed by atoms with Crippen LogP contribution in [0, 0.1) is 12.8 Å². The zero-order valence-electron chi connectivity index (χ0n) is 14.1. The fourth-order valence-corrected chi connectivity index (χ4v) is 3.21. The van der Waals surface area contributed by atoms with E-state index in [1.54, 1.807) is 6.07 Å². The third-order valence-corrected chi connectivity index (χ3v) is 4.80. The number of nitrogens with two attached hydrogens (primary N) is 1. The molecule has 0 aliphatic carbocycles. The summed E-state index contributed by atoms with van der Waals surface area (Å²) in [4.78, 5) is 17.1. The van der Waals surface area contributed by atoms with Crippen molar-refractivity contribution in [3.63, 3.8) is 0 Å². The molecule has 1 aliphatic heterocycles. The minimum absolute atomic E-state index is 0.131. The SMILES string of the molecule is CCN(CC)CC1CCN(C(=O)c2cc(N)ccc2C)CC1. The van der Waals surface area contributed by atoms with Crippen LogP contribution in [0.1, 0.15) is 42.6 Å². The Morgan fingerprint density at radius 3 is 2.50 bits per heavy atom. The normalized spacial score (nSPS) is 16.3. The van der Waals surface area contributed by atoms with Crippen molar-refractivity contribution in [3.05, 3.63) is 29.3 Å². The maximum atomic E-state index is 12.7. The third-order valence-electron chi connectivity index (χ3n) is 4.80. The summed E-state index contributed by atoms with van der Waals surface area (Å²) in [7, 11) is 0. The summed E-state index contributed by atoms with van der Waals surface area (Å²) in [6.45, 7) is 11.5. The molecule has 2 rings (SSSR count). The van der Waals surface area contributed by atoms with E-state index in [0.29, 0.717) is 11.6 Å². The summed E-state index contributed by atoms with van der Waals surface area (Å²) in [6.07, 6.45) is 2.20. The van der Waals surface area contributed by atoms with E-state index in [0.717, 1.165) is 56.7 Å². The number of piperidine rings is 1. The molecular formula is C18H29N3O. The number of benzene rings is 1. The first-order valence-electron chi connectivity index (χ1n) is 8.42. The molecule has 4 nitrogen and oxygen atoms in total. The monoisotopic (exact) mass is 303 g/mol. The molecule has 2 N–H and O–H groups in total. The molecule has 1 aliphatic rings. The number of aryl methyl sites for hydroxylation is 1. The number of anilines is 1. The molecule has 22 heavy (non-hydrogen) atoms. The summed E-state index contributed by atoms with van der Waals surface area (Å²) < 4.78 is 0. The molecule has 4 heteroatoms. The zero-order chi connectivity index (χ0) is 16.1. The van der Waals surface area contributed by atoms with Crippen LogP contribution in [0.25, 0.3) is 0 Å². The van der Waals surface area contributed by atoms with E-state index in [1.165, 1.54) is 0 Å². The molecule has 122 valence electrons. The lowest BCUT2D eigenvalue weighted by Gasteiger charge is -2.34. The van der Waals surface area contributed by atoms with Gasteiger partial charge in [0, 0.05) is 30.9 Å². The lowest BCUT2D eigenvalue weighted by molar-refractivity contribution is 0.0669. The average Bonchev–Trinajstić information content (AvgIpc) is 2.54. The fourth-order valence-electron chi connectivity index (χ4n) is 3.21. The van der Waals surface area contributed by atoms with Gasteiger partial charge in [-0.1, -0.05) is 19.9 Å². The Kier molecular flexibility index (Phi) is 5.83. The minimum Gasteiger partial charge on any atom is -0.399 e. The highest BCUT2D eigenvalue weighted by molar-refractivity contribution is 5.96. The van der Waals surface area contributed by atoms with Gasteiger partial charge in [-0.25, -0.2) is 0 Å². The Labute approximate surface area is 134 Å². The number of nitrogens with zero attached hydrogens (tertiary/aromatic N) is 2. The van der Waals surface area contributed by atoms with Crippen LogP contribution >= 0.6 is 0 Å². The van der Waals surface area contributed by atoms with Crippen LogP contribution in [0.2, 0.25) is 0 Å². The second-order valence-corrected chi connectivity index (χ2v) is 6.30. The number of likely N-dealkylation sites (tertiary alicyclic amines) is 1. The fraction of sp³-hybridized carbons (Fsp3) is 0.611. The number of nitrogen functional groups attached to an aromatic ring is 1. The molecule has 0 aromatic heterocycles. The third kappa shape index (κ3) is 4.01. The quantitative estimate of drug-likeness (QED) is 0.851. The molecule has 0 saturated carbocycles. The molecule has 0 radical (unpaired) electrons. The number of hydrogen-bond donors (Lipinski definition) is 1. The van der Waals surface area contributed by atoms with Gasteiger partial charge in [0.2, 0.25) is 0 Å². The highest BCUT2D eigenvalue weighted by Crippen LogP contribution is 2.22. The van der Waals surface area contributed by atoms with Gasteiger partial charge < -0.3 is 15.5 Å². The highest BCUT2D eigenvalue weighted by Gasteiger charge is 2.25. The number of carbonyl (C=O) groups excluding carboxylic acids is 1. The van der Waals surface area contributed by atoms with E-state index in [9.17, 15) is 4.79 Å². The maximum absolute atomic E-state index is 12.7. The Balaban J connectivity index is 1.94. The van der Waals surface area contributed by atoms with Crippen molar-refractivity contribution in [2.45, 2.75) is 33.6 Å². The molecule has 0 spiro atoms. The average molecular weight is 303 g/mol. The van der Waals surface area contributed by atoms with Crippen LogP contribution in [0.4, 0.5) is 5.69 Å². The Morgan fingerprint density at radius 1 is 1.27 bits per heavy atom. The van der Waals surface area contributed by atoms with Crippen LogP contribution in [0.5, 0.6) is 0 Å². The molecule has 1 heterocycles. The molecule has 1 saturated heterocycles. The smallest absolute Gasteiger partial charge is 0.254 e. The van der Waals surface area contributed by atoms with Crippen molar-refractivity contribution in [1.29, 1.82) is 0 Å². The van der Waals surface area contributed by atoms with Gasteiger partial charge in [-0.3, -0.25) is 4.79 Å². The van der Waals surface area contributed by atoms with E-state index in [4.69, 9.17) is 5.73 Å². The van der Waals surface area contributed by atoms with Crippen molar-refractivity contribution < 1.29 is 4.79 Å². The largest absolute Gasteiger partial charge is 0.399 e. The van der Waals surface area contributed by atoms with Crippen molar-refractivity contribution in [1.82, 2.24) is 9.80 Å². The summed E-state index contributed by atoms with van der Waals surface area (Å²) >= 11 is 0. The van der Waals surface area contributed by atoms with Crippen molar-refractivity contribution >= 4 is 11.6 Å². The van der Waals surface area contributed by atoms with Gasteiger partial charge in [0.05, 0.1) is 0 Å². The van der Waals surface area contributed by atoms with E-state index < -0.39 is 0 Å². The van der Waals surface area contributed by atoms with Gasteiger partial charge in [0.25, 0.3) is 5.91 Å². The lowest BCUT2D eigenvalue weighted by atomic mass is 9.95. The molecule has 1 fully saturated rings. The van der Waals surface area contributed by atoms with E-state index in [1.807, 2.05) is 24.0 Å². The predicted molar refractivity (Wildman–Crippen MR) is 92.0 cm³/mol. The van der Waals surface area contributed by atoms with Crippen LogP contribution in [-0.2, 0) is 0 Å². The van der Waals surface area contributed by atoms with Crippen LogP contribution in [0.3, 0.4) is 0 Å². The predicted octanol–water partition coefficient (Wildman–Crippen LogP) is 2.77. The van der Waals surface area contributed by atoms with Crippen molar-refractivity contribution in [3.8, 4) is 0 Å². The van der Waals surface area contributed by atoms with Gasteiger partial charge >= 0.3 is 0 Å². The van der Waals surface area contributed by atoms with Gasteiger partial charge in [-0.2, -0.15) is 0 Å². The minimum atomic E-state index is 0.131. The molecule has 1 aromatic rings. The maximum Gasteiger partial charge on any atom is 0.254 e. The van der Waals surface area contributed by atoms with E-state index in [2.05, 4.69) is 18.7 Å². The number of rotatable bonds is 5. The van der Waals surface area contributed by atoms with Crippen molar-refractivity contribution in [2.75, 3.05) is 38.5 Å². The summed E-state index contributed by atoms with van der Waals surface area (Å²) in [5.41, 5.74) is 8.24. The lowest BCUT2D eigenvalue weighted by Crippen LogP contribution is -2.41. The van der Waals surface area contributed by atoms with Gasteiger partial charge in [0.15, 0.2) is 0 Å². The number of amides is 1. The van der Waals surface area contributed by atoms with Gasteiger partial charge in [-0.15, -0.1) is 0 Å². The topological polar surface area (TPSA) is 49.6 Å². The van der Waals surface area contributed by atoms with Crippen LogP contribution in [0.15, 0.2) is 18.2 Å². The van der Waals surface area contributed by atoms with E-state index in [-0.39, 0.29) is 5.91 Å². The standard InChI is InChI=1S/C18H29N3O/c1-4-20(5-2)13-15-8-10-21(11-9-15)18(22)17-12-16(19)7-6-14(17)3/h6-7,12,15H,4-5,8-11,13,19H2,1-3H3. The number of hydrogen-bond acceptors (Lipinski definition) is 3. The van der Waals surface area contributed by atoms with Gasteiger partial charge in [0.1, 0.15) is 0 Å².